The molecule has 0 heterocycles. The van der Waals surface area contributed by atoms with Gasteiger partial charge in [-0.25, -0.2) is 0 Å². The van der Waals surface area contributed by atoms with Gasteiger partial charge in [-0.2, -0.15) is 0 Å². The molecule has 7 aliphatic carbocycles. The number of carboxylic acid groups (broad SMARTS) is 1. The third-order valence-electron chi connectivity index (χ3n) is 17.8. The van der Waals surface area contributed by atoms with Crippen molar-refractivity contribution in [1.29, 1.82) is 0 Å². The third kappa shape index (κ3) is 5.11. The van der Waals surface area contributed by atoms with Gasteiger partial charge in [0.05, 0.1) is 11.8 Å². The lowest BCUT2D eigenvalue weighted by Crippen LogP contribution is -2.66. The van der Waals surface area contributed by atoms with Crippen LogP contribution < -0.4 is 11.1 Å². The van der Waals surface area contributed by atoms with Crippen LogP contribution in [0.3, 0.4) is 0 Å². The molecule has 7 rings (SSSR count). The van der Waals surface area contributed by atoms with Crippen molar-refractivity contribution in [2.45, 2.75) is 157 Å². The number of esters is 1. The van der Waals surface area contributed by atoms with E-state index in [1.54, 1.807) is 5.57 Å². The Morgan fingerprint density at radius 3 is 2.18 bits per heavy atom. The molecular weight excluding hydrogens is 624 g/mol. The molecule has 0 spiro atoms. The Bertz CT molecular complexity index is 1470. The van der Waals surface area contributed by atoms with E-state index in [9.17, 15) is 19.5 Å². The molecule has 4 N–H and O–H groups in total. The highest BCUT2D eigenvalue weighted by atomic mass is 16.5. The Labute approximate surface area is 302 Å². The second-order valence-electron chi connectivity index (χ2n) is 21.1. The molecule has 0 unspecified atom stereocenters. The maximum atomic E-state index is 13.9. The Morgan fingerprint density at radius 2 is 1.56 bits per heavy atom. The second kappa shape index (κ2) is 11.6. The molecule has 6 fully saturated rings. The topological polar surface area (TPSA) is 119 Å². The fourth-order valence-electron chi connectivity index (χ4n) is 14.2. The highest BCUT2D eigenvalue weighted by Crippen LogP contribution is 2.77. The SMILES string of the molecule is CC(C)C1=C2[C@H]3CC[C@@H]4[C@@]5(C)CC[C@H](OC(=O)[C@H]6C[C@@H](C(=O)O)C6(C)C)C(C)(C)[C@@H]5CC[C@@]4(C)[C@]3(C)CC[C@@]2(CCNCC2(N)CC2)CC1=O. The van der Waals surface area contributed by atoms with Gasteiger partial charge in [0.15, 0.2) is 5.78 Å². The maximum absolute atomic E-state index is 13.9. The lowest BCUT2D eigenvalue weighted by atomic mass is 9.33. The minimum atomic E-state index is -0.813. The number of hydrogen-bond acceptors (Lipinski definition) is 6. The molecule has 0 amide bonds. The first-order valence-electron chi connectivity index (χ1n) is 20.4. The number of allylic oxidation sites excluding steroid dienone is 2. The monoisotopic (exact) mass is 693 g/mol. The molecule has 7 heteroatoms. The van der Waals surface area contributed by atoms with Crippen LogP contribution in [0.15, 0.2) is 11.1 Å². The summed E-state index contributed by atoms with van der Waals surface area (Å²) in [5.74, 6) is 0.312. The van der Waals surface area contributed by atoms with Crippen LogP contribution in [0.25, 0.3) is 0 Å². The fraction of sp³-hybridized carbons (Fsp3) is 0.884. The van der Waals surface area contributed by atoms with Gasteiger partial charge < -0.3 is 20.9 Å². The van der Waals surface area contributed by atoms with E-state index < -0.39 is 17.3 Å². The molecule has 6 saturated carbocycles. The summed E-state index contributed by atoms with van der Waals surface area (Å²) in [6.45, 7) is 22.6. The van der Waals surface area contributed by atoms with E-state index in [0.717, 1.165) is 58.0 Å². The number of carbonyl (C=O) groups is 3. The van der Waals surface area contributed by atoms with Gasteiger partial charge in [0.2, 0.25) is 0 Å². The zero-order chi connectivity index (χ0) is 36.4. The first kappa shape index (κ1) is 36.6. The number of rotatable bonds is 9. The van der Waals surface area contributed by atoms with E-state index in [-0.39, 0.29) is 56.5 Å². The number of nitrogens with two attached hydrogens (primary N) is 1. The number of carboxylic acids is 1. The van der Waals surface area contributed by atoms with E-state index in [1.165, 1.54) is 31.3 Å². The Morgan fingerprint density at radius 1 is 0.860 bits per heavy atom. The summed E-state index contributed by atoms with van der Waals surface area (Å²) in [5, 5.41) is 13.3. The summed E-state index contributed by atoms with van der Waals surface area (Å²) < 4.78 is 6.42. The highest BCUT2D eigenvalue weighted by molar-refractivity contribution is 6.00. The number of nitrogens with one attached hydrogen (secondary N) is 1. The van der Waals surface area contributed by atoms with Gasteiger partial charge in [0, 0.05) is 29.3 Å². The van der Waals surface area contributed by atoms with E-state index in [1.807, 2.05) is 13.8 Å². The van der Waals surface area contributed by atoms with Crippen molar-refractivity contribution in [2.75, 3.05) is 13.1 Å². The van der Waals surface area contributed by atoms with Gasteiger partial charge >= 0.3 is 11.9 Å². The van der Waals surface area contributed by atoms with E-state index >= 15 is 0 Å². The molecular formula is C43H68N2O5. The first-order valence-corrected chi connectivity index (χ1v) is 20.4. The minimum Gasteiger partial charge on any atom is -0.481 e. The maximum Gasteiger partial charge on any atom is 0.309 e. The average molecular weight is 693 g/mol. The van der Waals surface area contributed by atoms with Crippen molar-refractivity contribution in [2.24, 2.45) is 73.7 Å². The van der Waals surface area contributed by atoms with Crippen molar-refractivity contribution in [1.82, 2.24) is 5.32 Å². The zero-order valence-corrected chi connectivity index (χ0v) is 32.8. The standard InChI is InChI=1S/C43H68N2O5/c1-25(2)33-29(46)23-42(20-21-45-24-43(44)18-19-43)17-16-40(8)26(34(33)42)10-11-31-39(7)14-13-32(38(5,6)30(39)12-15-41(31,40)9)50-36(49)28-22-27(35(47)48)37(28,3)4/h25-28,30-32,45H,10-24,44H2,1-9H3,(H,47,48)/t26-,27+,28-,30+,31-,32+,39+,40-,41-,42-/m1/s1. The largest absolute Gasteiger partial charge is 0.481 e. The molecule has 0 aromatic heterocycles. The molecule has 7 aliphatic rings. The Balaban J connectivity index is 1.12. The first-order chi connectivity index (χ1) is 23.2. The molecule has 0 saturated heterocycles. The summed E-state index contributed by atoms with van der Waals surface area (Å²) in [5.41, 5.74) is 8.86. The van der Waals surface area contributed by atoms with Crippen molar-refractivity contribution in [3.63, 3.8) is 0 Å². The van der Waals surface area contributed by atoms with Crippen LogP contribution in [-0.4, -0.2) is 47.6 Å². The number of fused-ring (bicyclic) bond motifs is 7. The minimum absolute atomic E-state index is 0.00705. The molecule has 50 heavy (non-hydrogen) atoms. The fourth-order valence-corrected chi connectivity index (χ4v) is 14.2. The zero-order valence-electron chi connectivity index (χ0n) is 32.8. The van der Waals surface area contributed by atoms with E-state index in [0.29, 0.717) is 36.4 Å². The molecule has 0 aromatic carbocycles. The van der Waals surface area contributed by atoms with Crippen molar-refractivity contribution in [3.8, 4) is 0 Å². The smallest absolute Gasteiger partial charge is 0.309 e. The van der Waals surface area contributed by atoms with Gasteiger partial charge in [-0.3, -0.25) is 14.4 Å². The van der Waals surface area contributed by atoms with Crippen molar-refractivity contribution in [3.05, 3.63) is 11.1 Å². The average Bonchev–Trinajstić information content (AvgIpc) is 3.66. The molecule has 0 radical (unpaired) electrons. The predicted octanol–water partition coefficient (Wildman–Crippen LogP) is 8.10. The van der Waals surface area contributed by atoms with Gasteiger partial charge in [-0.05, 0) is 134 Å². The van der Waals surface area contributed by atoms with Crippen LogP contribution in [0.4, 0.5) is 0 Å². The number of aliphatic carboxylic acids is 1. The molecule has 10 atom stereocenters. The summed E-state index contributed by atoms with van der Waals surface area (Å²) in [6.07, 6.45) is 13.1. The second-order valence-corrected chi connectivity index (χ2v) is 21.1. The van der Waals surface area contributed by atoms with Gasteiger partial charge in [0.25, 0.3) is 0 Å². The summed E-state index contributed by atoms with van der Waals surface area (Å²) in [7, 11) is 0. The van der Waals surface area contributed by atoms with Crippen LogP contribution >= 0.6 is 0 Å². The quantitative estimate of drug-likeness (QED) is 0.165. The van der Waals surface area contributed by atoms with E-state index in [4.69, 9.17) is 10.5 Å². The molecule has 0 aromatic rings. The van der Waals surface area contributed by atoms with Gasteiger partial charge in [-0.15, -0.1) is 0 Å². The van der Waals surface area contributed by atoms with Crippen LogP contribution in [0.1, 0.15) is 146 Å². The summed E-state index contributed by atoms with van der Waals surface area (Å²) >= 11 is 0. The number of ether oxygens (including phenoxy) is 1. The van der Waals surface area contributed by atoms with Crippen LogP contribution in [0, 0.1) is 68.0 Å². The molecule has 280 valence electrons. The summed E-state index contributed by atoms with van der Waals surface area (Å²) in [6, 6.07) is 0. The van der Waals surface area contributed by atoms with Crippen LogP contribution in [0.5, 0.6) is 0 Å². The van der Waals surface area contributed by atoms with Gasteiger partial charge in [0.1, 0.15) is 6.10 Å². The van der Waals surface area contributed by atoms with Crippen LogP contribution in [-0.2, 0) is 19.1 Å². The van der Waals surface area contributed by atoms with Gasteiger partial charge in [-0.1, -0.05) is 67.9 Å². The number of hydrogen-bond donors (Lipinski definition) is 3. The van der Waals surface area contributed by atoms with Crippen molar-refractivity contribution >= 4 is 17.7 Å². The third-order valence-corrected chi connectivity index (χ3v) is 17.8. The van der Waals surface area contributed by atoms with Crippen molar-refractivity contribution < 1.29 is 24.2 Å². The highest BCUT2D eigenvalue weighted by Gasteiger charge is 2.70. The molecule has 0 bridgehead atoms. The number of ketones is 1. The number of Topliss-reactive ketones (excluding diaryl/α,β-unsaturated/α-hetero) is 1. The molecule has 7 nitrogen and oxygen atoms in total. The Hall–Kier alpha value is -1.73. The van der Waals surface area contributed by atoms with E-state index in [2.05, 4.69) is 53.8 Å². The number of carbonyl (C=O) groups excluding carboxylic acids is 2. The van der Waals surface area contributed by atoms with Crippen LogP contribution in [0.2, 0.25) is 0 Å². The lowest BCUT2D eigenvalue weighted by molar-refractivity contribution is -0.236. The Kier molecular flexibility index (Phi) is 8.52. The lowest BCUT2D eigenvalue weighted by Gasteiger charge is -2.72. The normalized spacial score (nSPS) is 45.1. The summed E-state index contributed by atoms with van der Waals surface area (Å²) in [4.78, 5) is 39.3. The molecule has 0 aliphatic heterocycles. The predicted molar refractivity (Wildman–Crippen MR) is 196 cm³/mol.